The van der Waals surface area contributed by atoms with Crippen LogP contribution >= 0.6 is 0 Å². The van der Waals surface area contributed by atoms with Crippen molar-refractivity contribution in [1.29, 1.82) is 0 Å². The minimum atomic E-state index is -0.489. The number of nitrogens with two attached hydrogens (primary N) is 1. The Morgan fingerprint density at radius 2 is 1.91 bits per heavy atom. The van der Waals surface area contributed by atoms with Crippen LogP contribution in [0, 0.1) is 0 Å². The molecule has 0 saturated heterocycles. The van der Waals surface area contributed by atoms with E-state index < -0.39 is 6.04 Å². The molecule has 0 aliphatic heterocycles. The molecule has 3 N–H and O–H groups in total. The van der Waals surface area contributed by atoms with Crippen molar-refractivity contribution in [2.24, 2.45) is 0 Å². The van der Waals surface area contributed by atoms with Crippen LogP contribution in [0.4, 0.5) is 0 Å². The van der Waals surface area contributed by atoms with E-state index in [2.05, 4.69) is 5.32 Å². The van der Waals surface area contributed by atoms with E-state index in [-0.39, 0.29) is 24.3 Å². The average Bonchev–Trinajstić information content (AvgIpc) is 3.07. The van der Waals surface area contributed by atoms with Crippen LogP contribution in [0.5, 0.6) is 0 Å². The highest BCUT2D eigenvalue weighted by Gasteiger charge is 2.20. The molecule has 2 rings (SSSR count). The smallest absolute Gasteiger partial charge is 0.275 e. The van der Waals surface area contributed by atoms with Crippen molar-refractivity contribution < 1.29 is 19.3 Å². The van der Waals surface area contributed by atoms with Crippen molar-refractivity contribution in [2.45, 2.75) is 32.4 Å². The Kier molecular flexibility index (Phi) is 6.11. The summed E-state index contributed by atoms with van der Waals surface area (Å²) in [6.07, 6.45) is 2.13. The summed E-state index contributed by atoms with van der Waals surface area (Å²) in [4.78, 5) is 23.9. The fourth-order valence-corrected chi connectivity index (χ4v) is 2.35. The molecule has 0 bridgehead atoms. The van der Waals surface area contributed by atoms with Gasteiger partial charge in [-0.05, 0) is 38.0 Å². The zero-order valence-corrected chi connectivity index (χ0v) is 13.5. The lowest BCUT2D eigenvalue weighted by Gasteiger charge is -2.16. The number of furan rings is 1. The monoisotopic (exact) mass is 315 g/mol. The second kappa shape index (κ2) is 8.29. The summed E-state index contributed by atoms with van der Waals surface area (Å²) < 4.78 is 5.31. The predicted octanol–water partition coefficient (Wildman–Crippen LogP) is 1.22. The number of hydrogen-bond donors (Lipinski definition) is 2. The van der Waals surface area contributed by atoms with Crippen LogP contribution in [0.3, 0.4) is 0 Å². The van der Waals surface area contributed by atoms with Crippen LogP contribution in [0.25, 0.3) is 0 Å². The van der Waals surface area contributed by atoms with Crippen molar-refractivity contribution in [1.82, 2.24) is 5.32 Å². The number of amides is 1. The summed E-state index contributed by atoms with van der Waals surface area (Å²) in [7, 11) is 0. The van der Waals surface area contributed by atoms with Gasteiger partial charge in [0, 0.05) is 0 Å². The zero-order valence-electron chi connectivity index (χ0n) is 13.5. The van der Waals surface area contributed by atoms with Crippen LogP contribution < -0.4 is 10.6 Å². The molecular formula is C18H23N2O3+. The number of ketones is 1. The molecule has 1 aromatic carbocycles. The maximum absolute atomic E-state index is 12.1. The number of rotatable bonds is 8. The molecular weight excluding hydrogens is 292 g/mol. The molecule has 23 heavy (non-hydrogen) atoms. The zero-order chi connectivity index (χ0) is 16.7. The molecule has 1 aromatic heterocycles. The van der Waals surface area contributed by atoms with Gasteiger partial charge >= 0.3 is 0 Å². The van der Waals surface area contributed by atoms with Crippen LogP contribution in [0.15, 0.2) is 53.1 Å². The van der Waals surface area contributed by atoms with E-state index in [0.29, 0.717) is 6.42 Å². The van der Waals surface area contributed by atoms with Crippen LogP contribution in [0.2, 0.25) is 0 Å². The fourth-order valence-electron chi connectivity index (χ4n) is 2.35. The van der Waals surface area contributed by atoms with Gasteiger partial charge in [-0.1, -0.05) is 30.3 Å². The minimum absolute atomic E-state index is 0.0405. The summed E-state index contributed by atoms with van der Waals surface area (Å²) in [6, 6.07) is 13.0. The Bertz CT molecular complexity index is 623. The molecule has 0 saturated carbocycles. The summed E-state index contributed by atoms with van der Waals surface area (Å²) >= 11 is 0. The minimum Gasteiger partial charge on any atom is -0.463 e. The average molecular weight is 315 g/mol. The number of benzene rings is 1. The van der Waals surface area contributed by atoms with Gasteiger partial charge in [0.05, 0.1) is 12.3 Å². The maximum Gasteiger partial charge on any atom is 0.275 e. The molecule has 5 nitrogen and oxygen atoms in total. The Morgan fingerprint density at radius 3 is 2.52 bits per heavy atom. The number of carbonyl (C=O) groups is 2. The number of quaternary nitrogens is 1. The molecule has 2 aromatic rings. The van der Waals surface area contributed by atoms with Gasteiger partial charge in [-0.25, -0.2) is 0 Å². The van der Waals surface area contributed by atoms with Gasteiger partial charge in [0.25, 0.3) is 5.91 Å². The lowest BCUT2D eigenvalue weighted by Crippen LogP contribution is -2.87. The number of hydrogen-bond acceptors (Lipinski definition) is 3. The fraction of sp³-hybridized carbons (Fsp3) is 0.333. The Labute approximate surface area is 136 Å². The molecule has 0 unspecified atom stereocenters. The normalized spacial score (nSPS) is 13.3. The van der Waals surface area contributed by atoms with Crippen LogP contribution in [-0.4, -0.2) is 24.3 Å². The second-order valence-corrected chi connectivity index (χ2v) is 5.66. The van der Waals surface area contributed by atoms with Crippen molar-refractivity contribution in [3.05, 3.63) is 60.1 Å². The summed E-state index contributed by atoms with van der Waals surface area (Å²) in [6.45, 7) is 3.72. The van der Waals surface area contributed by atoms with Crippen LogP contribution in [-0.2, 0) is 16.0 Å². The van der Waals surface area contributed by atoms with E-state index in [1.165, 1.54) is 6.92 Å². The highest BCUT2D eigenvalue weighted by molar-refractivity contribution is 5.88. The third-order valence-electron chi connectivity index (χ3n) is 3.76. The van der Waals surface area contributed by atoms with Crippen LogP contribution in [0.1, 0.15) is 31.2 Å². The van der Waals surface area contributed by atoms with Crippen molar-refractivity contribution in [3.8, 4) is 0 Å². The molecule has 122 valence electrons. The van der Waals surface area contributed by atoms with E-state index in [1.54, 1.807) is 6.26 Å². The number of Topliss-reactive ketones (excluding diaryl/α,β-unsaturated/α-hetero) is 1. The van der Waals surface area contributed by atoms with Gasteiger partial charge in [0.15, 0.2) is 18.1 Å². The lowest BCUT2D eigenvalue weighted by atomic mass is 10.0. The quantitative estimate of drug-likeness (QED) is 0.769. The van der Waals surface area contributed by atoms with Gasteiger partial charge < -0.3 is 15.1 Å². The van der Waals surface area contributed by atoms with E-state index in [1.807, 2.05) is 54.7 Å². The molecule has 1 amide bonds. The Balaban J connectivity index is 1.84. The van der Waals surface area contributed by atoms with Gasteiger partial charge in [0.1, 0.15) is 6.04 Å². The first-order valence-corrected chi connectivity index (χ1v) is 7.76. The van der Waals surface area contributed by atoms with E-state index >= 15 is 0 Å². The number of carbonyl (C=O) groups excluding carboxylic acids is 2. The summed E-state index contributed by atoms with van der Waals surface area (Å²) in [5.41, 5.74) is 1.03. The maximum atomic E-state index is 12.1. The van der Waals surface area contributed by atoms with E-state index in [0.717, 1.165) is 11.3 Å². The van der Waals surface area contributed by atoms with E-state index in [9.17, 15) is 9.59 Å². The molecule has 0 radical (unpaired) electrons. The summed E-state index contributed by atoms with van der Waals surface area (Å²) in [5.74, 6) is 0.631. The van der Waals surface area contributed by atoms with E-state index in [4.69, 9.17) is 4.42 Å². The van der Waals surface area contributed by atoms with Gasteiger partial charge in [-0.3, -0.25) is 9.59 Å². The van der Waals surface area contributed by atoms with Gasteiger partial charge in [0.2, 0.25) is 0 Å². The van der Waals surface area contributed by atoms with Gasteiger partial charge in [-0.2, -0.15) is 0 Å². The van der Waals surface area contributed by atoms with Crippen molar-refractivity contribution in [2.75, 3.05) is 6.54 Å². The molecule has 2 atom stereocenters. The largest absolute Gasteiger partial charge is 0.463 e. The summed E-state index contributed by atoms with van der Waals surface area (Å²) in [5, 5.41) is 4.70. The first-order chi connectivity index (χ1) is 11.1. The molecule has 0 aliphatic rings. The molecule has 0 spiro atoms. The highest BCUT2D eigenvalue weighted by atomic mass is 16.3. The molecule has 0 aliphatic carbocycles. The van der Waals surface area contributed by atoms with Gasteiger partial charge in [-0.15, -0.1) is 0 Å². The third kappa shape index (κ3) is 5.38. The topological polar surface area (TPSA) is 75.9 Å². The third-order valence-corrected chi connectivity index (χ3v) is 3.76. The molecule has 5 heteroatoms. The van der Waals surface area contributed by atoms with Crippen molar-refractivity contribution >= 4 is 11.7 Å². The molecule has 1 heterocycles. The standard InChI is InChI=1S/C18H22N2O3/c1-13(17-9-6-10-23-17)19-12-18(22)20-16(14(2)21)11-15-7-4-3-5-8-15/h3-10,13,16,19H,11-12H2,1-2H3,(H,20,22)/p+1/t13-,16+/m1/s1. The Morgan fingerprint density at radius 1 is 1.17 bits per heavy atom. The SMILES string of the molecule is CC(=O)[C@H](Cc1ccccc1)NC(=O)C[NH2+][C@H](C)c1ccco1. The Hall–Kier alpha value is -2.40. The number of nitrogens with one attached hydrogen (secondary N) is 1. The second-order valence-electron chi connectivity index (χ2n) is 5.66. The van der Waals surface area contributed by atoms with Crippen molar-refractivity contribution in [3.63, 3.8) is 0 Å². The molecule has 0 fully saturated rings. The lowest BCUT2D eigenvalue weighted by molar-refractivity contribution is -0.684. The first-order valence-electron chi connectivity index (χ1n) is 7.76. The highest BCUT2D eigenvalue weighted by Crippen LogP contribution is 2.07. The first kappa shape index (κ1) is 17.0. The predicted molar refractivity (Wildman–Crippen MR) is 86.7 cm³/mol.